The van der Waals surface area contributed by atoms with Gasteiger partial charge in [0.1, 0.15) is 12.4 Å². The fourth-order valence-corrected chi connectivity index (χ4v) is 4.91. The quantitative estimate of drug-likeness (QED) is 0.814. The number of aromatic nitrogens is 2. The molecule has 1 saturated heterocycles. The van der Waals surface area contributed by atoms with Crippen LogP contribution >= 0.6 is 0 Å². The molecule has 1 aromatic heterocycles. The van der Waals surface area contributed by atoms with Crippen molar-refractivity contribution in [3.05, 3.63) is 47.8 Å². The van der Waals surface area contributed by atoms with Crippen LogP contribution in [0.25, 0.3) is 0 Å². The van der Waals surface area contributed by atoms with Crippen LogP contribution in [0.15, 0.2) is 36.7 Å². The van der Waals surface area contributed by atoms with Gasteiger partial charge in [0.25, 0.3) is 0 Å². The van der Waals surface area contributed by atoms with Crippen molar-refractivity contribution < 1.29 is 9.53 Å². The minimum absolute atomic E-state index is 0.00484. The Morgan fingerprint density at radius 3 is 2.77 bits per heavy atom. The van der Waals surface area contributed by atoms with Gasteiger partial charge in [-0.3, -0.25) is 14.4 Å². The summed E-state index contributed by atoms with van der Waals surface area (Å²) in [5.41, 5.74) is 2.28. The van der Waals surface area contributed by atoms with E-state index >= 15 is 0 Å². The first-order valence-corrected chi connectivity index (χ1v) is 11.8. The number of likely N-dealkylation sites (tertiary alicyclic amines) is 1. The minimum atomic E-state index is -0.253. The maximum atomic E-state index is 13.4. The molecule has 3 heterocycles. The number of hydrogen-bond acceptors (Lipinski definition) is 4. The van der Waals surface area contributed by atoms with Gasteiger partial charge in [0.2, 0.25) is 5.91 Å². The van der Waals surface area contributed by atoms with Crippen molar-refractivity contribution in [2.75, 3.05) is 19.7 Å². The number of para-hydroxylation sites is 1. The van der Waals surface area contributed by atoms with E-state index in [4.69, 9.17) is 4.74 Å². The molecule has 2 aliphatic rings. The summed E-state index contributed by atoms with van der Waals surface area (Å²) in [6.07, 6.45) is 10.1. The number of nitrogens with zero attached hydrogens (tertiary/aromatic N) is 3. The third-order valence-electron chi connectivity index (χ3n) is 6.90. The predicted molar refractivity (Wildman–Crippen MR) is 122 cm³/mol. The highest BCUT2D eigenvalue weighted by molar-refractivity contribution is 5.83. The Labute approximate surface area is 186 Å². The van der Waals surface area contributed by atoms with Crippen molar-refractivity contribution in [2.45, 2.75) is 71.5 Å². The average molecular weight is 425 g/mol. The molecule has 1 spiro atoms. The lowest BCUT2D eigenvalue weighted by atomic mass is 9.73. The summed E-state index contributed by atoms with van der Waals surface area (Å²) in [7, 11) is 0. The number of rotatable bonds is 3. The van der Waals surface area contributed by atoms with Crippen LogP contribution in [0, 0.1) is 5.41 Å². The molecule has 0 aliphatic carbocycles. The zero-order chi connectivity index (χ0) is 21.7. The van der Waals surface area contributed by atoms with Crippen molar-refractivity contribution in [1.82, 2.24) is 20.0 Å². The molecule has 1 N–H and O–H groups in total. The van der Waals surface area contributed by atoms with Gasteiger partial charge in [-0.1, -0.05) is 24.6 Å². The third-order valence-corrected chi connectivity index (χ3v) is 6.90. The molecule has 2 aromatic rings. The Kier molecular flexibility index (Phi) is 6.96. The Hall–Kier alpha value is -2.34. The molecule has 168 valence electrons. The van der Waals surface area contributed by atoms with Crippen LogP contribution in [0.1, 0.15) is 57.1 Å². The first kappa shape index (κ1) is 21.9. The van der Waals surface area contributed by atoms with E-state index in [1.165, 1.54) is 11.1 Å². The standard InChI is InChI=1S/C25H36N4O2/c1-3-29-18-21(16-26-29)17-28-14-12-25(13-15-28)11-7-6-9-22-8-4-5-10-23(22)31-19-20(2)27-24(25)30/h4-5,8,10,16,18,20H,3,6-7,9,11-15,17,19H2,1-2H3,(H,27,30)/t20-/m1/s1. The smallest absolute Gasteiger partial charge is 0.226 e. The monoisotopic (exact) mass is 424 g/mol. The number of nitrogens with one attached hydrogen (secondary N) is 1. The van der Waals surface area contributed by atoms with Gasteiger partial charge >= 0.3 is 0 Å². The van der Waals surface area contributed by atoms with E-state index < -0.39 is 0 Å². The highest BCUT2D eigenvalue weighted by Gasteiger charge is 2.41. The number of ether oxygens (including phenoxy) is 1. The molecule has 1 fully saturated rings. The van der Waals surface area contributed by atoms with Crippen LogP contribution in [0.4, 0.5) is 0 Å². The van der Waals surface area contributed by atoms with E-state index in [9.17, 15) is 4.79 Å². The van der Waals surface area contributed by atoms with Gasteiger partial charge in [-0.2, -0.15) is 5.10 Å². The normalized spacial score (nSPS) is 22.6. The summed E-state index contributed by atoms with van der Waals surface area (Å²) in [5, 5.41) is 7.66. The van der Waals surface area contributed by atoms with Crippen molar-refractivity contribution in [3.8, 4) is 5.75 Å². The lowest BCUT2D eigenvalue weighted by Gasteiger charge is -2.41. The van der Waals surface area contributed by atoms with Crippen LogP contribution in [-0.2, 0) is 24.3 Å². The van der Waals surface area contributed by atoms with Gasteiger partial charge in [0, 0.05) is 24.8 Å². The van der Waals surface area contributed by atoms with Crippen molar-refractivity contribution >= 4 is 5.91 Å². The van der Waals surface area contributed by atoms with Crippen LogP contribution in [0.2, 0.25) is 0 Å². The Balaban J connectivity index is 1.40. The van der Waals surface area contributed by atoms with Gasteiger partial charge in [-0.25, -0.2) is 0 Å². The number of aryl methyl sites for hydroxylation is 2. The molecule has 31 heavy (non-hydrogen) atoms. The second kappa shape index (κ2) is 9.86. The molecule has 4 rings (SSSR count). The van der Waals surface area contributed by atoms with Gasteiger partial charge in [-0.15, -0.1) is 0 Å². The molecule has 0 saturated carbocycles. The Bertz CT molecular complexity index is 870. The van der Waals surface area contributed by atoms with E-state index in [0.717, 1.165) is 70.5 Å². The third kappa shape index (κ3) is 5.29. The number of carbonyl (C=O) groups excluding carboxylic acids is 1. The molecule has 0 bridgehead atoms. The highest BCUT2D eigenvalue weighted by atomic mass is 16.5. The summed E-state index contributed by atoms with van der Waals surface area (Å²) in [4.78, 5) is 15.8. The summed E-state index contributed by atoms with van der Waals surface area (Å²) in [5.74, 6) is 1.18. The second-order valence-electron chi connectivity index (χ2n) is 9.26. The van der Waals surface area contributed by atoms with Crippen LogP contribution in [0.3, 0.4) is 0 Å². The second-order valence-corrected chi connectivity index (χ2v) is 9.26. The van der Waals surface area contributed by atoms with E-state index in [-0.39, 0.29) is 17.4 Å². The van der Waals surface area contributed by atoms with Crippen LogP contribution in [-0.4, -0.2) is 46.3 Å². The van der Waals surface area contributed by atoms with Crippen LogP contribution < -0.4 is 10.1 Å². The van der Waals surface area contributed by atoms with Crippen LogP contribution in [0.5, 0.6) is 5.75 Å². The van der Waals surface area contributed by atoms with Crippen molar-refractivity contribution in [2.24, 2.45) is 5.41 Å². The molecular formula is C25H36N4O2. The number of piperidine rings is 1. The molecular weight excluding hydrogens is 388 g/mol. The van der Waals surface area contributed by atoms with Gasteiger partial charge in [0.05, 0.1) is 17.7 Å². The van der Waals surface area contributed by atoms with Crippen molar-refractivity contribution in [1.29, 1.82) is 0 Å². The highest BCUT2D eigenvalue weighted by Crippen LogP contribution is 2.38. The Morgan fingerprint density at radius 1 is 1.19 bits per heavy atom. The molecule has 6 heteroatoms. The summed E-state index contributed by atoms with van der Waals surface area (Å²) in [6, 6.07) is 8.30. The number of carbonyl (C=O) groups is 1. The number of benzene rings is 1. The maximum absolute atomic E-state index is 13.4. The topological polar surface area (TPSA) is 59.4 Å². The zero-order valence-electron chi connectivity index (χ0n) is 19.0. The van der Waals surface area contributed by atoms with Crippen molar-refractivity contribution in [3.63, 3.8) is 0 Å². The average Bonchev–Trinajstić information content (AvgIpc) is 3.24. The van der Waals surface area contributed by atoms with Gasteiger partial charge in [-0.05, 0) is 70.7 Å². The molecule has 1 atom stereocenters. The fraction of sp³-hybridized carbons (Fsp3) is 0.600. The summed E-state index contributed by atoms with van der Waals surface area (Å²) < 4.78 is 8.04. The van der Waals surface area contributed by atoms with E-state index in [2.05, 4.69) is 40.6 Å². The zero-order valence-corrected chi connectivity index (χ0v) is 19.0. The number of fused-ring (bicyclic) bond motifs is 1. The predicted octanol–water partition coefficient (Wildman–Crippen LogP) is 3.80. The molecule has 2 aliphatic heterocycles. The lowest BCUT2D eigenvalue weighted by Crippen LogP contribution is -2.51. The van der Waals surface area contributed by atoms with Gasteiger partial charge < -0.3 is 10.1 Å². The number of amides is 1. The fourth-order valence-electron chi connectivity index (χ4n) is 4.91. The molecule has 1 aromatic carbocycles. The molecule has 1 amide bonds. The van der Waals surface area contributed by atoms with E-state index in [1.807, 2.05) is 29.9 Å². The largest absolute Gasteiger partial charge is 0.491 e. The maximum Gasteiger partial charge on any atom is 0.226 e. The SMILES string of the molecule is CCn1cc(CN2CCC3(CCCCc4ccccc4OC[C@@H](C)NC3=O)CC2)cn1. The van der Waals surface area contributed by atoms with E-state index in [0.29, 0.717) is 6.61 Å². The van der Waals surface area contributed by atoms with E-state index in [1.54, 1.807) is 0 Å². The molecule has 6 nitrogen and oxygen atoms in total. The minimum Gasteiger partial charge on any atom is -0.491 e. The summed E-state index contributed by atoms with van der Waals surface area (Å²) >= 11 is 0. The Morgan fingerprint density at radius 2 is 2.00 bits per heavy atom. The number of hydrogen-bond donors (Lipinski definition) is 1. The first-order valence-electron chi connectivity index (χ1n) is 11.8. The van der Waals surface area contributed by atoms with Gasteiger partial charge in [0.15, 0.2) is 0 Å². The lowest BCUT2D eigenvalue weighted by molar-refractivity contribution is -0.135. The molecule has 0 radical (unpaired) electrons. The first-order chi connectivity index (χ1) is 15.1. The molecule has 0 unspecified atom stereocenters. The summed E-state index contributed by atoms with van der Waals surface area (Å²) in [6.45, 7) is 8.38.